The van der Waals surface area contributed by atoms with Crippen molar-refractivity contribution < 1.29 is 4.74 Å². The molecule has 0 radical (unpaired) electrons. The zero-order valence-corrected chi connectivity index (χ0v) is 11.1. The Kier molecular flexibility index (Phi) is 3.37. The van der Waals surface area contributed by atoms with Gasteiger partial charge in [-0.25, -0.2) is 0 Å². The number of ether oxygens (including phenoxy) is 1. The normalized spacial score (nSPS) is 25.6. The fourth-order valence-corrected chi connectivity index (χ4v) is 3.07. The van der Waals surface area contributed by atoms with E-state index in [-0.39, 0.29) is 6.42 Å². The van der Waals surface area contributed by atoms with E-state index in [1.165, 1.54) is 0 Å². The number of hydrogen-bond donors (Lipinski definition) is 1. The summed E-state index contributed by atoms with van der Waals surface area (Å²) in [5.74, 6) is 0.0961. The average molecular weight is 267 g/mol. The molecule has 0 saturated carbocycles. The lowest BCUT2D eigenvalue weighted by Gasteiger charge is -2.40. The number of nitrogens with zero attached hydrogens (tertiary/aromatic N) is 4. The Hall–Kier alpha value is -2.54. The molecule has 0 aromatic rings. The minimum Gasteiger partial charge on any atom is -0.498 e. The van der Waals surface area contributed by atoms with E-state index < -0.39 is 16.7 Å². The van der Waals surface area contributed by atoms with Crippen LogP contribution in [0.15, 0.2) is 11.3 Å². The van der Waals surface area contributed by atoms with Gasteiger partial charge in [0.2, 0.25) is 0 Å². The second kappa shape index (κ2) is 4.86. The molecule has 6 heteroatoms. The van der Waals surface area contributed by atoms with Crippen molar-refractivity contribution in [1.29, 1.82) is 21.0 Å². The molecule has 1 atom stereocenters. The van der Waals surface area contributed by atoms with Crippen molar-refractivity contribution in [2.45, 2.75) is 13.3 Å². The van der Waals surface area contributed by atoms with Gasteiger partial charge in [0.1, 0.15) is 0 Å². The van der Waals surface area contributed by atoms with E-state index in [4.69, 9.17) is 4.74 Å². The molecule has 0 bridgehead atoms. The maximum absolute atomic E-state index is 9.54. The van der Waals surface area contributed by atoms with E-state index in [0.29, 0.717) is 25.5 Å². The van der Waals surface area contributed by atoms with Crippen LogP contribution in [0.1, 0.15) is 13.3 Å². The number of nitriles is 4. The van der Waals surface area contributed by atoms with Gasteiger partial charge >= 0.3 is 0 Å². The lowest BCUT2D eigenvalue weighted by molar-refractivity contribution is 0.130. The highest BCUT2D eigenvalue weighted by Gasteiger charge is 2.64. The third-order valence-corrected chi connectivity index (χ3v) is 4.12. The Balaban J connectivity index is 2.70. The highest BCUT2D eigenvalue weighted by molar-refractivity contribution is 5.46. The first-order valence-corrected chi connectivity index (χ1v) is 6.35. The molecular weight excluding hydrogens is 254 g/mol. The molecule has 0 amide bonds. The van der Waals surface area contributed by atoms with Crippen LogP contribution in [0, 0.1) is 62.1 Å². The summed E-state index contributed by atoms with van der Waals surface area (Å²) in [5, 5.41) is 41.1. The quantitative estimate of drug-likeness (QED) is 0.796. The van der Waals surface area contributed by atoms with E-state index in [2.05, 4.69) is 5.32 Å². The monoisotopic (exact) mass is 267 g/mol. The van der Waals surface area contributed by atoms with Crippen molar-refractivity contribution in [3.63, 3.8) is 0 Å². The van der Waals surface area contributed by atoms with Crippen LogP contribution >= 0.6 is 0 Å². The van der Waals surface area contributed by atoms with Crippen molar-refractivity contribution in [1.82, 2.24) is 5.32 Å². The van der Waals surface area contributed by atoms with Crippen molar-refractivity contribution in [2.75, 3.05) is 19.7 Å². The number of rotatable bonds is 2. The predicted molar refractivity (Wildman–Crippen MR) is 66.9 cm³/mol. The molecule has 1 heterocycles. The fourth-order valence-electron chi connectivity index (χ4n) is 3.07. The van der Waals surface area contributed by atoms with Gasteiger partial charge in [-0.05, 0) is 12.5 Å². The van der Waals surface area contributed by atoms with Gasteiger partial charge in [-0.15, -0.1) is 0 Å². The van der Waals surface area contributed by atoms with E-state index in [1.807, 2.05) is 31.2 Å². The van der Waals surface area contributed by atoms with Crippen LogP contribution in [0.5, 0.6) is 0 Å². The lowest BCUT2D eigenvalue weighted by atomic mass is 9.54. The van der Waals surface area contributed by atoms with Crippen LogP contribution in [-0.2, 0) is 4.74 Å². The number of fused-ring (bicyclic) bond motifs is 1. The summed E-state index contributed by atoms with van der Waals surface area (Å²) in [7, 11) is 0. The Labute approximate surface area is 117 Å². The average Bonchev–Trinajstić information content (AvgIpc) is 2.97. The van der Waals surface area contributed by atoms with E-state index >= 15 is 0 Å². The van der Waals surface area contributed by atoms with Gasteiger partial charge in [-0.3, -0.25) is 0 Å². The SMILES string of the molecule is CCOC1=C2CNCC2C(C#N)(C#N)C(C#N)(C#N)C1. The van der Waals surface area contributed by atoms with Crippen LogP contribution < -0.4 is 5.32 Å². The van der Waals surface area contributed by atoms with Crippen LogP contribution in [-0.4, -0.2) is 19.7 Å². The smallest absolute Gasteiger partial charge is 0.183 e. The molecule has 0 spiro atoms. The van der Waals surface area contributed by atoms with Gasteiger partial charge in [0.15, 0.2) is 10.8 Å². The minimum atomic E-state index is -1.69. The standard InChI is InChI=1S/C14H13N5O/c1-2-20-12-3-13(6-15,7-16)14(8-17,9-18)11-5-19-4-10(11)12/h11,19H,2-5H2,1H3. The Morgan fingerprint density at radius 1 is 1.20 bits per heavy atom. The topological polar surface area (TPSA) is 116 Å². The van der Waals surface area contributed by atoms with Gasteiger partial charge in [0.25, 0.3) is 0 Å². The first kappa shape index (κ1) is 13.9. The molecule has 6 nitrogen and oxygen atoms in total. The van der Waals surface area contributed by atoms with E-state index in [9.17, 15) is 21.0 Å². The van der Waals surface area contributed by atoms with Crippen LogP contribution in [0.3, 0.4) is 0 Å². The summed E-state index contributed by atoms with van der Waals surface area (Å²) in [6.45, 7) is 3.17. The Bertz CT molecular complexity index is 594. The highest BCUT2D eigenvalue weighted by atomic mass is 16.5. The largest absolute Gasteiger partial charge is 0.498 e. The van der Waals surface area contributed by atoms with Gasteiger partial charge in [-0.1, -0.05) is 0 Å². The third kappa shape index (κ3) is 1.50. The fraction of sp³-hybridized carbons (Fsp3) is 0.571. The molecule has 2 rings (SSSR count). The molecule has 0 aromatic carbocycles. The van der Waals surface area contributed by atoms with Crippen molar-refractivity contribution >= 4 is 0 Å². The molecule has 20 heavy (non-hydrogen) atoms. The van der Waals surface area contributed by atoms with Gasteiger partial charge in [0.05, 0.1) is 36.6 Å². The number of allylic oxidation sites excluding steroid dienone is 1. The maximum atomic E-state index is 9.54. The Morgan fingerprint density at radius 2 is 1.85 bits per heavy atom. The van der Waals surface area contributed by atoms with Gasteiger partial charge < -0.3 is 10.1 Å². The summed E-state index contributed by atoms with van der Waals surface area (Å²) in [4.78, 5) is 0. The molecule has 0 aromatic heterocycles. The molecule has 1 aliphatic carbocycles. The second-order valence-electron chi connectivity index (χ2n) is 4.90. The molecule has 2 aliphatic rings. The van der Waals surface area contributed by atoms with Crippen LogP contribution in [0.4, 0.5) is 0 Å². The Morgan fingerprint density at radius 3 is 2.35 bits per heavy atom. The summed E-state index contributed by atoms with van der Waals surface area (Å²) in [6, 6.07) is 7.74. The molecule has 1 fully saturated rings. The zero-order chi connectivity index (χ0) is 14.8. The molecule has 1 saturated heterocycles. The summed E-state index contributed by atoms with van der Waals surface area (Å²) < 4.78 is 5.56. The summed E-state index contributed by atoms with van der Waals surface area (Å²) in [6.07, 6.45) is -0.0114. The highest BCUT2D eigenvalue weighted by Crippen LogP contribution is 2.55. The lowest BCUT2D eigenvalue weighted by Crippen LogP contribution is -2.48. The van der Waals surface area contributed by atoms with Gasteiger partial charge in [0, 0.05) is 25.4 Å². The summed E-state index contributed by atoms with van der Waals surface area (Å²) in [5.41, 5.74) is -2.51. The molecule has 1 aliphatic heterocycles. The van der Waals surface area contributed by atoms with Crippen LogP contribution in [0.25, 0.3) is 0 Å². The van der Waals surface area contributed by atoms with Crippen molar-refractivity contribution in [3.8, 4) is 24.3 Å². The van der Waals surface area contributed by atoms with Crippen molar-refractivity contribution in [2.24, 2.45) is 16.7 Å². The molecule has 1 N–H and O–H groups in total. The predicted octanol–water partition coefficient (Wildman–Crippen LogP) is 0.967. The maximum Gasteiger partial charge on any atom is 0.183 e. The van der Waals surface area contributed by atoms with Crippen molar-refractivity contribution in [3.05, 3.63) is 11.3 Å². The third-order valence-electron chi connectivity index (χ3n) is 4.12. The molecule has 100 valence electrons. The molecular formula is C14H13N5O. The minimum absolute atomic E-state index is 0.0114. The van der Waals surface area contributed by atoms with Gasteiger partial charge in [-0.2, -0.15) is 21.0 Å². The number of hydrogen-bond acceptors (Lipinski definition) is 6. The zero-order valence-electron chi connectivity index (χ0n) is 11.1. The molecule has 1 unspecified atom stereocenters. The van der Waals surface area contributed by atoms with E-state index in [1.54, 1.807) is 0 Å². The second-order valence-corrected chi connectivity index (χ2v) is 4.90. The first-order chi connectivity index (χ1) is 9.64. The van der Waals surface area contributed by atoms with E-state index in [0.717, 1.165) is 5.57 Å². The van der Waals surface area contributed by atoms with Crippen LogP contribution in [0.2, 0.25) is 0 Å². The number of nitrogens with one attached hydrogen (secondary N) is 1. The first-order valence-electron chi connectivity index (χ1n) is 6.35. The summed E-state index contributed by atoms with van der Waals surface area (Å²) >= 11 is 0.